The van der Waals surface area contributed by atoms with Crippen LogP contribution in [0.4, 0.5) is 5.69 Å². The molecule has 1 aromatic rings. The topological polar surface area (TPSA) is 29.1 Å². The van der Waals surface area contributed by atoms with Crippen LogP contribution in [0.15, 0.2) is 24.3 Å². The molecule has 1 unspecified atom stereocenters. The maximum atomic E-state index is 11.0. The van der Waals surface area contributed by atoms with E-state index in [1.54, 1.807) is 19.1 Å². The molecule has 2 nitrogen and oxygen atoms in total. The van der Waals surface area contributed by atoms with E-state index < -0.39 is 0 Å². The lowest BCUT2D eigenvalue weighted by molar-refractivity contribution is 0.101. The largest absolute Gasteiger partial charge is 0.372 e. The minimum absolute atomic E-state index is 0.0492. The van der Waals surface area contributed by atoms with Gasteiger partial charge in [-0.05, 0) is 37.6 Å². The molecule has 1 N–H and O–H groups in total. The monoisotopic (exact) mass is 201 g/mol. The number of hydrogen-bond donors (Lipinski definition) is 1. The number of benzene rings is 1. The first-order valence-electron chi connectivity index (χ1n) is 5.01. The fraction of sp³-hybridized carbons (Fsp3) is 0.308. The summed E-state index contributed by atoms with van der Waals surface area (Å²) < 4.78 is 0. The molecule has 0 amide bonds. The quantitative estimate of drug-likeness (QED) is 0.599. The van der Waals surface area contributed by atoms with Crippen molar-refractivity contribution in [1.29, 1.82) is 0 Å². The SMILES string of the molecule is C#CC(CC)Nc1ccc(C(C)=O)cc1. The molecule has 0 saturated carbocycles. The average Bonchev–Trinajstić information content (AvgIpc) is 2.26. The Kier molecular flexibility index (Phi) is 3.93. The molecule has 0 aliphatic rings. The van der Waals surface area contributed by atoms with Gasteiger partial charge in [0.1, 0.15) is 0 Å². The van der Waals surface area contributed by atoms with Crippen molar-refractivity contribution >= 4 is 11.5 Å². The van der Waals surface area contributed by atoms with Crippen LogP contribution in [0.2, 0.25) is 0 Å². The van der Waals surface area contributed by atoms with Crippen LogP contribution in [0.25, 0.3) is 0 Å². The molecule has 0 aliphatic carbocycles. The van der Waals surface area contributed by atoms with Gasteiger partial charge < -0.3 is 5.32 Å². The zero-order chi connectivity index (χ0) is 11.3. The Labute approximate surface area is 90.7 Å². The lowest BCUT2D eigenvalue weighted by atomic mass is 10.1. The third-order valence-electron chi connectivity index (χ3n) is 2.24. The summed E-state index contributed by atoms with van der Waals surface area (Å²) in [5.74, 6) is 2.73. The van der Waals surface area contributed by atoms with Crippen molar-refractivity contribution in [2.75, 3.05) is 5.32 Å². The highest BCUT2D eigenvalue weighted by molar-refractivity contribution is 5.94. The Morgan fingerprint density at radius 3 is 2.47 bits per heavy atom. The fourth-order valence-electron chi connectivity index (χ4n) is 1.26. The van der Waals surface area contributed by atoms with E-state index in [1.807, 2.05) is 19.1 Å². The van der Waals surface area contributed by atoms with E-state index in [0.29, 0.717) is 5.56 Å². The minimum Gasteiger partial charge on any atom is -0.372 e. The molecule has 0 fully saturated rings. The third kappa shape index (κ3) is 3.14. The zero-order valence-corrected chi connectivity index (χ0v) is 9.08. The van der Waals surface area contributed by atoms with Crippen molar-refractivity contribution in [1.82, 2.24) is 0 Å². The molecule has 0 bridgehead atoms. The zero-order valence-electron chi connectivity index (χ0n) is 9.08. The van der Waals surface area contributed by atoms with Crippen molar-refractivity contribution in [3.8, 4) is 12.3 Å². The summed E-state index contributed by atoms with van der Waals surface area (Å²) in [7, 11) is 0. The van der Waals surface area contributed by atoms with E-state index in [9.17, 15) is 4.79 Å². The molecule has 0 aromatic heterocycles. The second-order valence-corrected chi connectivity index (χ2v) is 3.41. The van der Waals surface area contributed by atoms with E-state index in [0.717, 1.165) is 12.1 Å². The van der Waals surface area contributed by atoms with Crippen LogP contribution in [0.3, 0.4) is 0 Å². The number of hydrogen-bond acceptors (Lipinski definition) is 2. The van der Waals surface area contributed by atoms with Crippen molar-refractivity contribution in [2.45, 2.75) is 26.3 Å². The number of ketones is 1. The van der Waals surface area contributed by atoms with Gasteiger partial charge in [0.05, 0.1) is 6.04 Å². The van der Waals surface area contributed by atoms with Crippen molar-refractivity contribution in [3.63, 3.8) is 0 Å². The summed E-state index contributed by atoms with van der Waals surface area (Å²) in [6, 6.07) is 7.39. The van der Waals surface area contributed by atoms with Gasteiger partial charge in [0, 0.05) is 11.3 Å². The van der Waals surface area contributed by atoms with E-state index in [4.69, 9.17) is 6.42 Å². The number of terminal acetylenes is 1. The second kappa shape index (κ2) is 5.21. The summed E-state index contributed by atoms with van der Waals surface area (Å²) >= 11 is 0. The minimum atomic E-state index is 0.0492. The first-order chi connectivity index (χ1) is 7.17. The van der Waals surface area contributed by atoms with Crippen molar-refractivity contribution in [2.24, 2.45) is 0 Å². The number of carbonyl (C=O) groups excluding carboxylic acids is 1. The normalized spacial score (nSPS) is 11.5. The van der Waals surface area contributed by atoms with Crippen LogP contribution in [-0.4, -0.2) is 11.8 Å². The Morgan fingerprint density at radius 1 is 1.47 bits per heavy atom. The number of nitrogens with one attached hydrogen (secondary N) is 1. The number of rotatable bonds is 4. The summed E-state index contributed by atoms with van der Waals surface area (Å²) in [4.78, 5) is 11.0. The summed E-state index contributed by atoms with van der Waals surface area (Å²) in [5.41, 5.74) is 1.67. The van der Waals surface area contributed by atoms with E-state index in [2.05, 4.69) is 11.2 Å². The highest BCUT2D eigenvalue weighted by atomic mass is 16.1. The van der Waals surface area contributed by atoms with Crippen LogP contribution >= 0.6 is 0 Å². The number of anilines is 1. The smallest absolute Gasteiger partial charge is 0.159 e. The molecular weight excluding hydrogens is 186 g/mol. The van der Waals surface area contributed by atoms with Crippen LogP contribution in [0.1, 0.15) is 30.6 Å². The molecule has 2 heteroatoms. The molecule has 78 valence electrons. The average molecular weight is 201 g/mol. The second-order valence-electron chi connectivity index (χ2n) is 3.41. The first-order valence-corrected chi connectivity index (χ1v) is 5.01. The van der Waals surface area contributed by atoms with Gasteiger partial charge in [-0.2, -0.15) is 0 Å². The standard InChI is InChI=1S/C13H15NO/c1-4-12(5-2)14-13-8-6-11(7-9-13)10(3)15/h1,6-9,12,14H,5H2,2-3H3. The molecule has 1 atom stereocenters. The maximum Gasteiger partial charge on any atom is 0.159 e. The fourth-order valence-corrected chi connectivity index (χ4v) is 1.26. The molecular formula is C13H15NO. The number of carbonyl (C=O) groups is 1. The predicted octanol–water partition coefficient (Wildman–Crippen LogP) is 2.71. The Morgan fingerprint density at radius 2 is 2.07 bits per heavy atom. The van der Waals surface area contributed by atoms with Gasteiger partial charge in [-0.3, -0.25) is 4.79 Å². The molecule has 15 heavy (non-hydrogen) atoms. The molecule has 0 aliphatic heterocycles. The number of Topliss-reactive ketones (excluding diaryl/α,β-unsaturated/α-hetero) is 1. The van der Waals surface area contributed by atoms with Crippen LogP contribution in [0.5, 0.6) is 0 Å². The maximum absolute atomic E-state index is 11.0. The van der Waals surface area contributed by atoms with Crippen LogP contribution in [0, 0.1) is 12.3 Å². The third-order valence-corrected chi connectivity index (χ3v) is 2.24. The highest BCUT2D eigenvalue weighted by Gasteiger charge is 2.02. The van der Waals surface area contributed by atoms with Crippen LogP contribution in [-0.2, 0) is 0 Å². The van der Waals surface area contributed by atoms with Gasteiger partial charge in [0.15, 0.2) is 5.78 Å². The molecule has 0 saturated heterocycles. The first kappa shape index (κ1) is 11.3. The van der Waals surface area contributed by atoms with Crippen LogP contribution < -0.4 is 5.32 Å². The van der Waals surface area contributed by atoms with Gasteiger partial charge in [0.25, 0.3) is 0 Å². The van der Waals surface area contributed by atoms with Crippen molar-refractivity contribution < 1.29 is 4.79 Å². The molecule has 0 spiro atoms. The van der Waals surface area contributed by atoms with E-state index >= 15 is 0 Å². The molecule has 0 radical (unpaired) electrons. The van der Waals surface area contributed by atoms with Crippen molar-refractivity contribution in [3.05, 3.63) is 29.8 Å². The van der Waals surface area contributed by atoms with E-state index in [-0.39, 0.29) is 11.8 Å². The van der Waals surface area contributed by atoms with Gasteiger partial charge >= 0.3 is 0 Å². The van der Waals surface area contributed by atoms with Gasteiger partial charge in [-0.1, -0.05) is 12.8 Å². The lowest BCUT2D eigenvalue weighted by Crippen LogP contribution is -2.15. The lowest BCUT2D eigenvalue weighted by Gasteiger charge is -2.12. The molecule has 0 heterocycles. The Hall–Kier alpha value is -1.75. The molecule has 1 rings (SSSR count). The summed E-state index contributed by atoms with van der Waals surface area (Å²) in [6.45, 7) is 3.58. The Bertz CT molecular complexity index is 373. The summed E-state index contributed by atoms with van der Waals surface area (Å²) in [6.07, 6.45) is 6.22. The van der Waals surface area contributed by atoms with Gasteiger partial charge in [0.2, 0.25) is 0 Å². The highest BCUT2D eigenvalue weighted by Crippen LogP contribution is 2.11. The van der Waals surface area contributed by atoms with Gasteiger partial charge in [-0.15, -0.1) is 6.42 Å². The summed E-state index contributed by atoms with van der Waals surface area (Å²) in [5, 5.41) is 3.20. The van der Waals surface area contributed by atoms with Gasteiger partial charge in [-0.25, -0.2) is 0 Å². The Balaban J connectivity index is 2.73. The predicted molar refractivity (Wildman–Crippen MR) is 63.0 cm³/mol. The van der Waals surface area contributed by atoms with E-state index in [1.165, 1.54) is 0 Å². The molecule has 1 aromatic carbocycles.